The van der Waals surface area contributed by atoms with Gasteiger partial charge >= 0.3 is 12.2 Å². The highest BCUT2D eigenvalue weighted by Crippen LogP contribution is 2.44. The van der Waals surface area contributed by atoms with Gasteiger partial charge in [-0.15, -0.1) is 0 Å². The van der Waals surface area contributed by atoms with Gasteiger partial charge in [-0.3, -0.25) is 9.59 Å². The molecule has 2 fully saturated rings. The minimum absolute atomic E-state index is 0.0791. The summed E-state index contributed by atoms with van der Waals surface area (Å²) in [5.41, 5.74) is 6.51. The number of likely N-dealkylation sites (tertiary alicyclic amines) is 2. The van der Waals surface area contributed by atoms with Crippen LogP contribution in [-0.2, 0) is 30.4 Å². The molecule has 0 bridgehead atoms. The van der Waals surface area contributed by atoms with Gasteiger partial charge in [0.1, 0.15) is 36.1 Å². The van der Waals surface area contributed by atoms with Gasteiger partial charge in [-0.1, -0.05) is 59.2 Å². The van der Waals surface area contributed by atoms with Gasteiger partial charge in [0.25, 0.3) is 0 Å². The Hall–Kier alpha value is -6.16. The van der Waals surface area contributed by atoms with Gasteiger partial charge in [-0.05, 0) is 76.9 Å². The minimum Gasteiger partial charge on any atom is -0.488 e. The molecule has 16 heteroatoms. The Kier molecular flexibility index (Phi) is 12.4. The minimum atomic E-state index is -0.762. The summed E-state index contributed by atoms with van der Waals surface area (Å²) in [6.45, 7) is 11.8. The van der Waals surface area contributed by atoms with E-state index in [-0.39, 0.29) is 47.6 Å². The predicted molar refractivity (Wildman–Crippen MR) is 237 cm³/mol. The van der Waals surface area contributed by atoms with Crippen LogP contribution in [-0.4, -0.2) is 107 Å². The fraction of sp³-hybridized carbons (Fsp3) is 0.489. The molecule has 3 aromatic carbocycles. The summed E-state index contributed by atoms with van der Waals surface area (Å²) in [7, 11) is 4.25. The molecule has 334 valence electrons. The molecule has 8 rings (SSSR count). The third kappa shape index (κ3) is 8.40. The highest BCUT2D eigenvalue weighted by atomic mass is 16.5. The van der Waals surface area contributed by atoms with Crippen LogP contribution in [0.5, 0.6) is 5.75 Å². The maximum Gasteiger partial charge on any atom is 0.407 e. The highest BCUT2D eigenvalue weighted by molar-refractivity contribution is 6.07. The summed E-state index contributed by atoms with van der Waals surface area (Å²) in [6, 6.07) is 12.5. The first-order valence-electron chi connectivity index (χ1n) is 21.9. The lowest BCUT2D eigenvalue weighted by molar-refractivity contribution is -0.136. The molecule has 4 amide bonds. The van der Waals surface area contributed by atoms with Gasteiger partial charge < -0.3 is 49.3 Å². The number of nitrogens with zero attached hydrogens (tertiary/aromatic N) is 4. The second-order valence-corrected chi connectivity index (χ2v) is 17.8. The first-order chi connectivity index (χ1) is 30.3. The normalized spacial score (nSPS) is 20.8. The van der Waals surface area contributed by atoms with E-state index in [4.69, 9.17) is 28.9 Å². The number of carbonyl (C=O) groups is 4. The molecule has 16 nitrogen and oxygen atoms in total. The topological polar surface area (TPSA) is 193 Å². The van der Waals surface area contributed by atoms with Crippen molar-refractivity contribution in [3.8, 4) is 28.1 Å². The van der Waals surface area contributed by atoms with E-state index in [0.717, 1.165) is 68.3 Å². The average molecular weight is 863 g/mol. The molecule has 7 atom stereocenters. The lowest BCUT2D eigenvalue weighted by atomic mass is 9.92. The molecule has 3 aliphatic heterocycles. The summed E-state index contributed by atoms with van der Waals surface area (Å²) in [6.07, 6.45) is 2.67. The van der Waals surface area contributed by atoms with Gasteiger partial charge in [0, 0.05) is 37.1 Å². The van der Waals surface area contributed by atoms with E-state index in [1.807, 2.05) is 49.8 Å². The zero-order valence-electron chi connectivity index (χ0n) is 37.2. The number of hydrogen-bond donors (Lipinski definition) is 4. The summed E-state index contributed by atoms with van der Waals surface area (Å²) in [5.74, 6) is 1.93. The van der Waals surface area contributed by atoms with Gasteiger partial charge in [0.15, 0.2) is 0 Å². The fourth-order valence-corrected chi connectivity index (χ4v) is 9.54. The summed E-state index contributed by atoms with van der Waals surface area (Å²) in [5, 5.41) is 7.43. The molecule has 3 aliphatic rings. The monoisotopic (exact) mass is 862 g/mol. The number of rotatable bonds is 12. The van der Waals surface area contributed by atoms with Crippen molar-refractivity contribution < 1.29 is 38.1 Å². The molecule has 63 heavy (non-hydrogen) atoms. The molecule has 0 spiro atoms. The molecular formula is C47H58N8O8. The Bertz CT molecular complexity index is 2530. The Labute approximate surface area is 366 Å². The van der Waals surface area contributed by atoms with Gasteiger partial charge in [0.2, 0.25) is 11.8 Å². The maximum absolute atomic E-state index is 14.1. The number of imidazole rings is 2. The van der Waals surface area contributed by atoms with Crippen molar-refractivity contribution in [2.45, 2.75) is 84.7 Å². The number of H-pyrrole nitrogens is 2. The largest absolute Gasteiger partial charge is 0.488 e. The van der Waals surface area contributed by atoms with Crippen molar-refractivity contribution in [2.75, 3.05) is 41.0 Å². The van der Waals surface area contributed by atoms with Crippen LogP contribution in [0.4, 0.5) is 9.59 Å². The molecule has 3 unspecified atom stereocenters. The third-order valence-electron chi connectivity index (χ3n) is 13.1. The number of alkyl carbamates (subject to hydrolysis) is 2. The average Bonchev–Trinajstić information content (AvgIpc) is 4.11. The zero-order chi connectivity index (χ0) is 44.7. The number of benzene rings is 3. The fourth-order valence-electron chi connectivity index (χ4n) is 9.54. The Morgan fingerprint density at radius 2 is 1.57 bits per heavy atom. The lowest BCUT2D eigenvalue weighted by Crippen LogP contribution is -2.51. The molecule has 0 radical (unpaired) electrons. The summed E-state index contributed by atoms with van der Waals surface area (Å²) < 4.78 is 21.6. The number of carbonyl (C=O) groups excluding carboxylic acids is 4. The number of methoxy groups -OCH3 is 3. The molecule has 2 saturated heterocycles. The van der Waals surface area contributed by atoms with E-state index in [9.17, 15) is 19.2 Å². The lowest BCUT2D eigenvalue weighted by Gasteiger charge is -2.30. The summed E-state index contributed by atoms with van der Waals surface area (Å²) in [4.78, 5) is 73.1. The van der Waals surface area contributed by atoms with Crippen molar-refractivity contribution in [1.82, 2.24) is 40.4 Å². The van der Waals surface area contributed by atoms with E-state index in [1.54, 1.807) is 7.11 Å². The van der Waals surface area contributed by atoms with Crippen molar-refractivity contribution in [1.29, 1.82) is 0 Å². The van der Waals surface area contributed by atoms with Crippen LogP contribution in [0.3, 0.4) is 0 Å². The molecule has 2 aromatic heterocycles. The van der Waals surface area contributed by atoms with E-state index < -0.39 is 24.3 Å². The molecule has 5 aromatic rings. The van der Waals surface area contributed by atoms with Crippen LogP contribution < -0.4 is 15.4 Å². The molecule has 0 aliphatic carbocycles. The Morgan fingerprint density at radius 1 is 0.857 bits per heavy atom. The van der Waals surface area contributed by atoms with E-state index >= 15 is 0 Å². The smallest absolute Gasteiger partial charge is 0.407 e. The van der Waals surface area contributed by atoms with E-state index in [0.29, 0.717) is 44.4 Å². The Morgan fingerprint density at radius 3 is 2.29 bits per heavy atom. The molecule has 0 saturated carbocycles. The zero-order valence-corrected chi connectivity index (χ0v) is 37.2. The van der Waals surface area contributed by atoms with E-state index in [1.165, 1.54) is 14.2 Å². The molecule has 4 N–H and O–H groups in total. The van der Waals surface area contributed by atoms with Crippen molar-refractivity contribution in [2.24, 2.45) is 23.7 Å². The number of aromatic nitrogens is 4. The third-order valence-corrected chi connectivity index (χ3v) is 13.1. The molecular weight excluding hydrogens is 805 g/mol. The number of aromatic amines is 2. The van der Waals surface area contributed by atoms with Crippen LogP contribution in [0.1, 0.15) is 83.2 Å². The van der Waals surface area contributed by atoms with Crippen LogP contribution in [0.25, 0.3) is 44.2 Å². The van der Waals surface area contributed by atoms with Crippen LogP contribution in [0, 0.1) is 23.7 Å². The quantitative estimate of drug-likeness (QED) is 0.0992. The van der Waals surface area contributed by atoms with Crippen molar-refractivity contribution in [3.63, 3.8) is 0 Å². The second kappa shape index (κ2) is 17.9. The number of fused-ring (bicyclic) bond motifs is 6. The Balaban J connectivity index is 1.05. The van der Waals surface area contributed by atoms with Gasteiger partial charge in [-0.2, -0.15) is 0 Å². The standard InChI is InChI=1S/C47H58N8O8/c1-9-26(5)40(53-47(59)62-8)45(57)54-20-25(4)14-36(54)42-48-19-35(50-42)29-10-12-31-30(16-29)23-63-38-18-32-28(17-33(31)38)11-13-34-41(32)51-43(49-34)37-15-27(22-60-6)21-55(37)44(56)39(24(2)3)52-46(58)61-7/h10-13,16-19,24-27,36-37,39-40H,9,14-15,20-23H2,1-8H3,(H,48,50)(H,49,51)(H,52,58)(H,53,59)/t25-,26?,27-,36-,37-,39?,40?/m0/s1. The first-order valence-corrected chi connectivity index (χ1v) is 21.9. The highest BCUT2D eigenvalue weighted by Gasteiger charge is 2.43. The van der Waals surface area contributed by atoms with Crippen LogP contribution in [0.2, 0.25) is 0 Å². The molecule has 5 heterocycles. The number of amides is 4. The first kappa shape index (κ1) is 43.5. The van der Waals surface area contributed by atoms with Crippen LogP contribution in [0.15, 0.2) is 48.7 Å². The van der Waals surface area contributed by atoms with Crippen LogP contribution >= 0.6 is 0 Å². The number of hydrogen-bond acceptors (Lipinski definition) is 10. The number of ether oxygens (including phenoxy) is 4. The second-order valence-electron chi connectivity index (χ2n) is 17.8. The summed E-state index contributed by atoms with van der Waals surface area (Å²) >= 11 is 0. The van der Waals surface area contributed by atoms with Gasteiger partial charge in [-0.25, -0.2) is 19.6 Å². The van der Waals surface area contributed by atoms with Gasteiger partial charge in [0.05, 0.1) is 55.8 Å². The van der Waals surface area contributed by atoms with Crippen molar-refractivity contribution >= 4 is 45.8 Å². The van der Waals surface area contributed by atoms with E-state index in [2.05, 4.69) is 63.9 Å². The number of nitrogens with one attached hydrogen (secondary N) is 4. The SMILES string of the molecule is CCC(C)C(NC(=O)OC)C(=O)N1C[C@@H](C)C[C@H]1c1ncc(-c2ccc3c(c2)COc2cc4c(ccc5[nH]c([C@@H]6C[C@H](COC)CN6C(=O)C(NC(=O)OC)C(C)C)nc54)cc2-3)[nH]1. The predicted octanol–water partition coefficient (Wildman–Crippen LogP) is 7.26. The van der Waals surface area contributed by atoms with Crippen molar-refractivity contribution in [3.05, 3.63) is 65.9 Å². The maximum atomic E-state index is 14.1.